The Morgan fingerprint density at radius 1 is 1.33 bits per heavy atom. The maximum atomic E-state index is 12.4. The van der Waals surface area contributed by atoms with Gasteiger partial charge in [0, 0.05) is 29.7 Å². The molecular weight excluding hydrogens is 342 g/mol. The molecule has 0 aliphatic carbocycles. The Labute approximate surface area is 157 Å². The number of nitrogens with two attached hydrogens (primary N) is 1. The zero-order chi connectivity index (χ0) is 19.4. The van der Waals surface area contributed by atoms with Crippen molar-refractivity contribution in [1.29, 1.82) is 0 Å². The van der Waals surface area contributed by atoms with E-state index >= 15 is 0 Å². The van der Waals surface area contributed by atoms with E-state index in [9.17, 15) is 10.0 Å². The topological polar surface area (TPSA) is 96.2 Å². The Kier molecular flexibility index (Phi) is 5.29. The first-order chi connectivity index (χ1) is 13.0. The number of amides is 1. The van der Waals surface area contributed by atoms with Crippen LogP contribution in [0.5, 0.6) is 0 Å². The van der Waals surface area contributed by atoms with E-state index in [1.165, 1.54) is 0 Å². The van der Waals surface area contributed by atoms with Crippen LogP contribution in [0.4, 0.5) is 11.5 Å². The van der Waals surface area contributed by atoms with Crippen molar-refractivity contribution in [2.45, 2.75) is 19.8 Å². The molecule has 7 heteroatoms. The summed E-state index contributed by atoms with van der Waals surface area (Å²) in [4.78, 5) is 24.2. The molecule has 1 aliphatic rings. The van der Waals surface area contributed by atoms with Crippen LogP contribution in [0.15, 0.2) is 47.1 Å². The minimum Gasteiger partial charge on any atom is -0.387 e. The average Bonchev–Trinajstić information content (AvgIpc) is 2.84. The molecular formula is C20H19N5O2. The monoisotopic (exact) mass is 361 g/mol. The van der Waals surface area contributed by atoms with Crippen LogP contribution >= 0.6 is 0 Å². The van der Waals surface area contributed by atoms with Crippen LogP contribution in [0, 0.1) is 6.57 Å². The summed E-state index contributed by atoms with van der Waals surface area (Å²) in [6.07, 6.45) is 4.17. The van der Waals surface area contributed by atoms with Gasteiger partial charge >= 0.3 is 0 Å². The maximum Gasteiger partial charge on any atom is 0.273 e. The second-order valence-electron chi connectivity index (χ2n) is 6.17. The van der Waals surface area contributed by atoms with Gasteiger partial charge in [-0.15, -0.1) is 4.98 Å². The number of fused-ring (bicyclic) bond motifs is 1. The molecule has 3 N–H and O–H groups in total. The molecule has 0 unspecified atom stereocenters. The Balaban J connectivity index is 1.97. The number of aliphatic imine (C=N–C) groups is 1. The Bertz CT molecular complexity index is 971. The second-order valence-corrected chi connectivity index (χ2v) is 6.17. The highest BCUT2D eigenvalue weighted by Crippen LogP contribution is 2.32. The van der Waals surface area contributed by atoms with Gasteiger partial charge in [-0.1, -0.05) is 31.7 Å². The van der Waals surface area contributed by atoms with Gasteiger partial charge < -0.3 is 10.6 Å². The Hall–Kier alpha value is -3.50. The van der Waals surface area contributed by atoms with Gasteiger partial charge in [-0.05, 0) is 30.2 Å². The molecule has 27 heavy (non-hydrogen) atoms. The van der Waals surface area contributed by atoms with Crippen molar-refractivity contribution in [3.05, 3.63) is 59.1 Å². The van der Waals surface area contributed by atoms with E-state index in [-0.39, 0.29) is 13.0 Å². The molecule has 0 atom stereocenters. The Morgan fingerprint density at radius 3 is 2.78 bits per heavy atom. The van der Waals surface area contributed by atoms with Crippen molar-refractivity contribution in [2.24, 2.45) is 10.7 Å². The number of rotatable bonds is 4. The number of hydrogen-bond donors (Lipinski definition) is 2. The van der Waals surface area contributed by atoms with Crippen LogP contribution in [-0.4, -0.2) is 33.5 Å². The lowest BCUT2D eigenvalue weighted by molar-refractivity contribution is -0.160. The van der Waals surface area contributed by atoms with E-state index in [0.29, 0.717) is 34.4 Å². The lowest BCUT2D eigenvalue weighted by Crippen LogP contribution is -2.30. The molecule has 0 saturated carbocycles. The molecule has 136 valence electrons. The van der Waals surface area contributed by atoms with Crippen molar-refractivity contribution in [2.75, 3.05) is 6.54 Å². The van der Waals surface area contributed by atoms with Crippen molar-refractivity contribution < 1.29 is 10.0 Å². The fourth-order valence-electron chi connectivity index (χ4n) is 2.81. The molecule has 0 bridgehead atoms. The van der Waals surface area contributed by atoms with Gasteiger partial charge in [0.05, 0.1) is 5.69 Å². The van der Waals surface area contributed by atoms with Crippen LogP contribution in [0.2, 0.25) is 0 Å². The van der Waals surface area contributed by atoms with Crippen LogP contribution < -0.4 is 5.73 Å². The number of pyridine rings is 1. The first-order valence-corrected chi connectivity index (χ1v) is 8.54. The van der Waals surface area contributed by atoms with Gasteiger partial charge in [-0.3, -0.25) is 10.0 Å². The molecule has 1 amide bonds. The van der Waals surface area contributed by atoms with E-state index in [1.807, 2.05) is 31.2 Å². The molecule has 2 heterocycles. The van der Waals surface area contributed by atoms with Gasteiger partial charge in [-0.25, -0.2) is 10.1 Å². The first-order valence-electron chi connectivity index (χ1n) is 8.54. The summed E-state index contributed by atoms with van der Waals surface area (Å²) in [5.41, 5.74) is 9.51. The van der Waals surface area contributed by atoms with E-state index in [4.69, 9.17) is 12.3 Å². The second kappa shape index (κ2) is 7.81. The van der Waals surface area contributed by atoms with Crippen molar-refractivity contribution >= 4 is 29.3 Å². The molecule has 0 spiro atoms. The van der Waals surface area contributed by atoms with Crippen LogP contribution in [0.3, 0.4) is 0 Å². The lowest BCUT2D eigenvalue weighted by Gasteiger charge is -2.15. The molecule has 0 saturated heterocycles. The number of carbonyl (C=O) groups excluding carboxylic acids is 1. The van der Waals surface area contributed by atoms with E-state index in [1.54, 1.807) is 18.3 Å². The molecule has 1 aromatic heterocycles. The number of hydroxylamine groups is 2. The Morgan fingerprint density at radius 2 is 2.11 bits per heavy atom. The minimum atomic E-state index is -0.467. The summed E-state index contributed by atoms with van der Waals surface area (Å²) >= 11 is 0. The number of amidine groups is 1. The summed E-state index contributed by atoms with van der Waals surface area (Å²) in [5.74, 6) is 0.172. The largest absolute Gasteiger partial charge is 0.387 e. The quantitative estimate of drug-likeness (QED) is 0.493. The molecule has 1 aliphatic heterocycles. The standard InChI is InChI=1S/C20H19N5O2/c1-3-8-25(27)20(26)16-9-14-5-4-13(10-17(14)24-18(21)11-16)15-6-7-19(22-2)23-12-15/h4-7,9-10,12,27H,3,8,11H2,1H3,(H2,21,24). The van der Waals surface area contributed by atoms with E-state index < -0.39 is 5.91 Å². The lowest BCUT2D eigenvalue weighted by atomic mass is 10.0. The molecule has 0 fully saturated rings. The minimum absolute atomic E-state index is 0.172. The predicted octanol–water partition coefficient (Wildman–Crippen LogP) is 3.70. The zero-order valence-electron chi connectivity index (χ0n) is 14.9. The number of nitrogens with zero attached hydrogens (tertiary/aromatic N) is 4. The van der Waals surface area contributed by atoms with Gasteiger partial charge in [0.25, 0.3) is 11.7 Å². The molecule has 3 rings (SSSR count). The normalized spacial score (nSPS) is 12.9. The van der Waals surface area contributed by atoms with Crippen LogP contribution in [0.1, 0.15) is 25.3 Å². The zero-order valence-corrected chi connectivity index (χ0v) is 14.9. The maximum absolute atomic E-state index is 12.4. The average molecular weight is 361 g/mol. The van der Waals surface area contributed by atoms with Gasteiger partial charge in [0.2, 0.25) is 0 Å². The number of carbonyl (C=O) groups is 1. The SMILES string of the molecule is [C-]#[N+]c1ccc(-c2ccc3c(c2)N=C(N)CC(C(=O)N(O)CCC)=C3)cn1. The smallest absolute Gasteiger partial charge is 0.273 e. The third-order valence-electron chi connectivity index (χ3n) is 4.14. The van der Waals surface area contributed by atoms with E-state index in [0.717, 1.165) is 16.7 Å². The molecule has 0 radical (unpaired) electrons. The van der Waals surface area contributed by atoms with Gasteiger partial charge in [0.1, 0.15) is 12.0 Å². The summed E-state index contributed by atoms with van der Waals surface area (Å²) in [6.45, 7) is 9.11. The predicted molar refractivity (Wildman–Crippen MR) is 104 cm³/mol. The molecule has 7 nitrogen and oxygen atoms in total. The highest BCUT2D eigenvalue weighted by atomic mass is 16.5. The van der Waals surface area contributed by atoms with Crippen molar-refractivity contribution in [3.8, 4) is 11.1 Å². The van der Waals surface area contributed by atoms with Crippen LogP contribution in [0.25, 0.3) is 22.0 Å². The fraction of sp³-hybridized carbons (Fsp3) is 0.200. The highest BCUT2D eigenvalue weighted by molar-refractivity contribution is 6.05. The third-order valence-corrected chi connectivity index (χ3v) is 4.14. The first kappa shape index (κ1) is 18.3. The highest BCUT2D eigenvalue weighted by Gasteiger charge is 2.20. The number of aromatic nitrogens is 1. The fourth-order valence-corrected chi connectivity index (χ4v) is 2.81. The van der Waals surface area contributed by atoms with Crippen molar-refractivity contribution in [1.82, 2.24) is 10.0 Å². The summed E-state index contributed by atoms with van der Waals surface area (Å²) in [6, 6.07) is 9.09. The molecule has 1 aromatic carbocycles. The molecule has 2 aromatic rings. The van der Waals surface area contributed by atoms with Gasteiger partial charge in [-0.2, -0.15) is 0 Å². The summed E-state index contributed by atoms with van der Waals surface area (Å²) < 4.78 is 0. The van der Waals surface area contributed by atoms with E-state index in [2.05, 4.69) is 14.8 Å². The van der Waals surface area contributed by atoms with Crippen LogP contribution in [-0.2, 0) is 4.79 Å². The number of benzene rings is 1. The summed E-state index contributed by atoms with van der Waals surface area (Å²) in [7, 11) is 0. The summed E-state index contributed by atoms with van der Waals surface area (Å²) in [5, 5.41) is 10.6. The van der Waals surface area contributed by atoms with Gasteiger partial charge in [0.15, 0.2) is 0 Å². The third kappa shape index (κ3) is 4.02. The number of hydrogen-bond acceptors (Lipinski definition) is 5. The van der Waals surface area contributed by atoms with Crippen molar-refractivity contribution in [3.63, 3.8) is 0 Å².